The third-order valence-electron chi connectivity index (χ3n) is 2.26. The zero-order valence-corrected chi connectivity index (χ0v) is 11.8. The smallest absolute Gasteiger partial charge is 0.462 e. The lowest BCUT2D eigenvalue weighted by atomic mass is 10.2. The van der Waals surface area contributed by atoms with E-state index in [-0.39, 0.29) is 17.2 Å². The first-order valence-electron chi connectivity index (χ1n) is 5.97. The van der Waals surface area contributed by atoms with Crippen molar-refractivity contribution in [1.82, 2.24) is 0 Å². The van der Waals surface area contributed by atoms with Crippen LogP contribution in [-0.4, -0.2) is 24.7 Å². The summed E-state index contributed by atoms with van der Waals surface area (Å²) >= 11 is 0.950. The van der Waals surface area contributed by atoms with E-state index in [4.69, 9.17) is 4.74 Å². The van der Waals surface area contributed by atoms with Crippen molar-refractivity contribution in [3.63, 3.8) is 0 Å². The van der Waals surface area contributed by atoms with E-state index >= 15 is 0 Å². The maximum atomic E-state index is 12.2. The summed E-state index contributed by atoms with van der Waals surface area (Å²) in [6.07, 6.45) is -3.62. The molecule has 0 aromatic carbocycles. The number of nitrogens with one attached hydrogen (secondary N) is 1. The van der Waals surface area contributed by atoms with Gasteiger partial charge in [-0.2, -0.15) is 13.2 Å². The molecular weight excluding hydrogens is 295 g/mol. The predicted octanol–water partition coefficient (Wildman–Crippen LogP) is 3.38. The number of hydrogen-bond acceptors (Lipinski definition) is 4. The molecule has 0 unspecified atom stereocenters. The van der Waals surface area contributed by atoms with Crippen molar-refractivity contribution in [1.29, 1.82) is 0 Å². The molecule has 112 valence electrons. The van der Waals surface area contributed by atoms with Gasteiger partial charge in [0.1, 0.15) is 5.00 Å². The SMILES string of the molecule is CCCc1cc(C(=O)OCC)c(NC(=O)C(F)(F)F)s1. The number of aryl methyl sites for hydroxylation is 1. The standard InChI is InChI=1S/C12H14F3NO3S/c1-3-5-7-6-8(10(17)19-4-2)9(20-7)16-11(18)12(13,14)15/h6H,3-5H2,1-2H3,(H,16,18). The van der Waals surface area contributed by atoms with Crippen LogP contribution in [-0.2, 0) is 16.0 Å². The van der Waals surface area contributed by atoms with E-state index in [2.05, 4.69) is 0 Å². The van der Waals surface area contributed by atoms with Crippen molar-refractivity contribution in [2.45, 2.75) is 32.9 Å². The van der Waals surface area contributed by atoms with Crippen molar-refractivity contribution in [3.8, 4) is 0 Å². The van der Waals surface area contributed by atoms with Gasteiger partial charge in [0, 0.05) is 4.88 Å². The maximum absolute atomic E-state index is 12.2. The highest BCUT2D eigenvalue weighted by molar-refractivity contribution is 7.16. The largest absolute Gasteiger partial charge is 0.471 e. The highest BCUT2D eigenvalue weighted by atomic mass is 32.1. The highest BCUT2D eigenvalue weighted by Gasteiger charge is 2.39. The summed E-state index contributed by atoms with van der Waals surface area (Å²) in [5.74, 6) is -2.85. The fraction of sp³-hybridized carbons (Fsp3) is 0.500. The molecule has 1 aromatic rings. The summed E-state index contributed by atoms with van der Waals surface area (Å²) in [6, 6.07) is 1.46. The first-order chi connectivity index (χ1) is 9.29. The molecule has 0 aliphatic carbocycles. The molecular formula is C12H14F3NO3S. The second-order valence-corrected chi connectivity index (χ2v) is 5.01. The Labute approximate surface area is 117 Å². The van der Waals surface area contributed by atoms with Crippen molar-refractivity contribution >= 4 is 28.2 Å². The zero-order valence-electron chi connectivity index (χ0n) is 11.0. The Balaban J connectivity index is 3.03. The Bertz CT molecular complexity index is 497. The molecule has 0 aliphatic heterocycles. The summed E-state index contributed by atoms with van der Waals surface area (Å²) in [5.41, 5.74) is -0.0436. The van der Waals surface area contributed by atoms with Gasteiger partial charge >= 0.3 is 18.1 Å². The summed E-state index contributed by atoms with van der Waals surface area (Å²) in [4.78, 5) is 23.3. The first kappa shape index (κ1) is 16.5. The maximum Gasteiger partial charge on any atom is 0.471 e. The minimum Gasteiger partial charge on any atom is -0.462 e. The molecule has 20 heavy (non-hydrogen) atoms. The van der Waals surface area contributed by atoms with Crippen LogP contribution in [0, 0.1) is 0 Å². The van der Waals surface area contributed by atoms with Crippen LogP contribution in [0.25, 0.3) is 0 Å². The van der Waals surface area contributed by atoms with E-state index in [1.165, 1.54) is 6.07 Å². The first-order valence-corrected chi connectivity index (χ1v) is 6.79. The van der Waals surface area contributed by atoms with Gasteiger partial charge in [0.15, 0.2) is 0 Å². The molecule has 4 nitrogen and oxygen atoms in total. The minimum atomic E-state index is -5.00. The molecule has 0 saturated carbocycles. The van der Waals surface area contributed by atoms with E-state index in [0.29, 0.717) is 11.3 Å². The second-order valence-electron chi connectivity index (χ2n) is 3.88. The monoisotopic (exact) mass is 309 g/mol. The van der Waals surface area contributed by atoms with Crippen LogP contribution in [0.5, 0.6) is 0 Å². The Morgan fingerprint density at radius 2 is 2.00 bits per heavy atom. The van der Waals surface area contributed by atoms with Crippen molar-refractivity contribution < 1.29 is 27.5 Å². The molecule has 0 aliphatic rings. The van der Waals surface area contributed by atoms with Gasteiger partial charge in [0.25, 0.3) is 0 Å². The average Bonchev–Trinajstić information content (AvgIpc) is 2.71. The molecule has 1 rings (SSSR count). The van der Waals surface area contributed by atoms with Gasteiger partial charge in [-0.25, -0.2) is 4.79 Å². The number of thiophene rings is 1. The normalized spacial score (nSPS) is 11.2. The lowest BCUT2D eigenvalue weighted by molar-refractivity contribution is -0.167. The summed E-state index contributed by atoms with van der Waals surface area (Å²) in [6.45, 7) is 3.59. The summed E-state index contributed by atoms with van der Waals surface area (Å²) in [7, 11) is 0. The lowest BCUT2D eigenvalue weighted by Gasteiger charge is -2.07. The Kier molecular flexibility index (Phi) is 5.55. The molecule has 1 aromatic heterocycles. The summed E-state index contributed by atoms with van der Waals surface area (Å²) < 4.78 is 41.5. The number of amides is 1. The van der Waals surface area contributed by atoms with E-state index < -0.39 is 18.1 Å². The van der Waals surface area contributed by atoms with E-state index in [1.807, 2.05) is 6.92 Å². The Hall–Kier alpha value is -1.57. The van der Waals surface area contributed by atoms with Gasteiger partial charge in [-0.05, 0) is 19.4 Å². The van der Waals surface area contributed by atoms with Crippen LogP contribution < -0.4 is 5.32 Å². The van der Waals surface area contributed by atoms with Gasteiger partial charge in [-0.15, -0.1) is 11.3 Å². The van der Waals surface area contributed by atoms with Crippen molar-refractivity contribution in [3.05, 3.63) is 16.5 Å². The minimum absolute atomic E-state index is 0.0436. The third kappa shape index (κ3) is 4.22. The highest BCUT2D eigenvalue weighted by Crippen LogP contribution is 2.31. The Morgan fingerprint density at radius 1 is 1.35 bits per heavy atom. The van der Waals surface area contributed by atoms with Crippen molar-refractivity contribution in [2.75, 3.05) is 11.9 Å². The molecule has 0 saturated heterocycles. The van der Waals surface area contributed by atoms with Gasteiger partial charge in [-0.3, -0.25) is 4.79 Å². The lowest BCUT2D eigenvalue weighted by Crippen LogP contribution is -2.30. The van der Waals surface area contributed by atoms with Gasteiger partial charge in [0.2, 0.25) is 0 Å². The number of halogens is 3. The summed E-state index contributed by atoms with van der Waals surface area (Å²) in [5, 5.41) is 1.59. The van der Waals surface area contributed by atoms with Crippen LogP contribution in [0.2, 0.25) is 0 Å². The number of esters is 1. The number of alkyl halides is 3. The molecule has 0 spiro atoms. The van der Waals surface area contributed by atoms with E-state index in [9.17, 15) is 22.8 Å². The predicted molar refractivity (Wildman–Crippen MR) is 69.0 cm³/mol. The molecule has 0 atom stereocenters. The Morgan fingerprint density at radius 3 is 2.50 bits per heavy atom. The number of hydrogen-bond donors (Lipinski definition) is 1. The number of rotatable bonds is 5. The fourth-order valence-electron chi connectivity index (χ4n) is 1.44. The molecule has 1 amide bonds. The van der Waals surface area contributed by atoms with E-state index in [0.717, 1.165) is 17.8 Å². The fourth-order valence-corrected chi connectivity index (χ4v) is 2.58. The molecule has 0 radical (unpaired) electrons. The molecule has 0 bridgehead atoms. The molecule has 8 heteroatoms. The van der Waals surface area contributed by atoms with Gasteiger partial charge in [-0.1, -0.05) is 13.3 Å². The average molecular weight is 309 g/mol. The zero-order chi connectivity index (χ0) is 15.3. The number of anilines is 1. The molecule has 1 N–H and O–H groups in total. The van der Waals surface area contributed by atoms with Gasteiger partial charge in [0.05, 0.1) is 12.2 Å². The van der Waals surface area contributed by atoms with Crippen LogP contribution in [0.3, 0.4) is 0 Å². The molecule has 1 heterocycles. The van der Waals surface area contributed by atoms with Crippen LogP contribution >= 0.6 is 11.3 Å². The van der Waals surface area contributed by atoms with Crippen LogP contribution in [0.4, 0.5) is 18.2 Å². The quantitative estimate of drug-likeness (QED) is 0.848. The number of carbonyl (C=O) groups is 2. The van der Waals surface area contributed by atoms with Crippen LogP contribution in [0.1, 0.15) is 35.5 Å². The van der Waals surface area contributed by atoms with Crippen LogP contribution in [0.15, 0.2) is 6.07 Å². The van der Waals surface area contributed by atoms with Gasteiger partial charge < -0.3 is 10.1 Å². The second kappa shape index (κ2) is 6.74. The topological polar surface area (TPSA) is 55.4 Å². The van der Waals surface area contributed by atoms with E-state index in [1.54, 1.807) is 12.2 Å². The molecule has 0 fully saturated rings. The number of ether oxygens (including phenoxy) is 1. The number of carbonyl (C=O) groups excluding carboxylic acids is 2. The third-order valence-corrected chi connectivity index (χ3v) is 3.37. The van der Waals surface area contributed by atoms with Crippen molar-refractivity contribution in [2.24, 2.45) is 0 Å².